The van der Waals surface area contributed by atoms with Crippen LogP contribution in [0.1, 0.15) is 32.6 Å². The van der Waals surface area contributed by atoms with Gasteiger partial charge in [0.25, 0.3) is 5.91 Å². The Morgan fingerprint density at radius 3 is 2.57 bits per heavy atom. The minimum absolute atomic E-state index is 0.157. The van der Waals surface area contributed by atoms with Gasteiger partial charge in [0.1, 0.15) is 6.67 Å². The standard InChI is InChI=1S/C24H23FN2O/c1-15-3-2-4-22(23(15)17-7-5-16(14-25)6-8-17)24(28)27-21-10-9-18-11-20(26)12-19(18)13-21/h2-10,13,20H,11-12,14,26H2,1H3,(H,27,28). The van der Waals surface area contributed by atoms with Crippen LogP contribution >= 0.6 is 0 Å². The zero-order chi connectivity index (χ0) is 19.7. The number of nitrogens with one attached hydrogen (secondary N) is 1. The Morgan fingerprint density at radius 2 is 1.82 bits per heavy atom. The van der Waals surface area contributed by atoms with Gasteiger partial charge in [0, 0.05) is 17.3 Å². The molecule has 3 N–H and O–H groups in total. The van der Waals surface area contributed by atoms with Gasteiger partial charge in [-0.3, -0.25) is 4.79 Å². The van der Waals surface area contributed by atoms with Crippen molar-refractivity contribution in [2.75, 3.05) is 5.32 Å². The number of hydrogen-bond acceptors (Lipinski definition) is 2. The summed E-state index contributed by atoms with van der Waals surface area (Å²) in [6, 6.07) is 19.1. The number of alkyl halides is 1. The molecule has 0 saturated heterocycles. The lowest BCUT2D eigenvalue weighted by atomic mass is 9.94. The molecule has 0 saturated carbocycles. The molecule has 4 heteroatoms. The van der Waals surface area contributed by atoms with E-state index >= 15 is 0 Å². The highest BCUT2D eigenvalue weighted by Crippen LogP contribution is 2.30. The summed E-state index contributed by atoms with van der Waals surface area (Å²) in [7, 11) is 0. The molecule has 1 amide bonds. The van der Waals surface area contributed by atoms with Gasteiger partial charge in [-0.25, -0.2) is 4.39 Å². The largest absolute Gasteiger partial charge is 0.327 e. The highest BCUT2D eigenvalue weighted by Gasteiger charge is 2.19. The van der Waals surface area contributed by atoms with Crippen LogP contribution in [0.5, 0.6) is 0 Å². The Bertz CT molecular complexity index is 1030. The number of rotatable bonds is 4. The molecule has 3 aromatic carbocycles. The molecular weight excluding hydrogens is 351 g/mol. The average molecular weight is 374 g/mol. The molecule has 3 aromatic rings. The zero-order valence-electron chi connectivity index (χ0n) is 15.8. The maximum atomic E-state index is 13.1. The Hall–Kier alpha value is -2.98. The minimum Gasteiger partial charge on any atom is -0.327 e. The van der Waals surface area contributed by atoms with E-state index in [9.17, 15) is 9.18 Å². The third kappa shape index (κ3) is 3.56. The van der Waals surface area contributed by atoms with Crippen molar-refractivity contribution in [1.82, 2.24) is 0 Å². The lowest BCUT2D eigenvalue weighted by Gasteiger charge is -2.14. The fraction of sp³-hybridized carbons (Fsp3) is 0.208. The van der Waals surface area contributed by atoms with Gasteiger partial charge in [0.2, 0.25) is 0 Å². The molecule has 3 nitrogen and oxygen atoms in total. The Morgan fingerprint density at radius 1 is 1.07 bits per heavy atom. The van der Waals surface area contributed by atoms with Crippen molar-refractivity contribution in [2.24, 2.45) is 5.73 Å². The SMILES string of the molecule is Cc1cccc(C(=O)Nc2ccc3c(c2)CC(N)C3)c1-c1ccc(CF)cc1. The number of amides is 1. The molecular formula is C24H23FN2O. The lowest BCUT2D eigenvalue weighted by Crippen LogP contribution is -2.19. The predicted octanol–water partition coefficient (Wildman–Crippen LogP) is 4.81. The van der Waals surface area contributed by atoms with E-state index in [1.807, 2.05) is 55.5 Å². The van der Waals surface area contributed by atoms with Gasteiger partial charge in [-0.05, 0) is 71.3 Å². The number of halogens is 1. The van der Waals surface area contributed by atoms with Crippen LogP contribution in [0, 0.1) is 6.92 Å². The summed E-state index contributed by atoms with van der Waals surface area (Å²) >= 11 is 0. The number of carbonyl (C=O) groups excluding carboxylic acids is 1. The van der Waals surface area contributed by atoms with Crippen LogP contribution in [0.3, 0.4) is 0 Å². The Labute approximate surface area is 164 Å². The summed E-state index contributed by atoms with van der Waals surface area (Å²) in [6.45, 7) is 1.48. The van der Waals surface area contributed by atoms with Gasteiger partial charge in [-0.2, -0.15) is 0 Å². The van der Waals surface area contributed by atoms with Crippen molar-refractivity contribution in [1.29, 1.82) is 0 Å². The van der Waals surface area contributed by atoms with Crippen molar-refractivity contribution in [3.63, 3.8) is 0 Å². The zero-order valence-corrected chi connectivity index (χ0v) is 15.8. The maximum Gasteiger partial charge on any atom is 0.256 e. The van der Waals surface area contributed by atoms with Gasteiger partial charge >= 0.3 is 0 Å². The Kier molecular flexibility index (Phi) is 4.97. The van der Waals surface area contributed by atoms with Gasteiger partial charge in [-0.15, -0.1) is 0 Å². The number of hydrogen-bond donors (Lipinski definition) is 2. The van der Waals surface area contributed by atoms with E-state index in [0.29, 0.717) is 11.1 Å². The third-order valence-electron chi connectivity index (χ3n) is 5.34. The molecule has 1 aliphatic carbocycles. The third-order valence-corrected chi connectivity index (χ3v) is 5.34. The summed E-state index contributed by atoms with van der Waals surface area (Å²) in [5, 5.41) is 3.02. The van der Waals surface area contributed by atoms with Crippen LogP contribution in [-0.4, -0.2) is 11.9 Å². The molecule has 4 rings (SSSR count). The van der Waals surface area contributed by atoms with Gasteiger partial charge in [0.15, 0.2) is 0 Å². The monoisotopic (exact) mass is 374 g/mol. The number of carbonyl (C=O) groups is 1. The minimum atomic E-state index is -0.497. The molecule has 1 aliphatic rings. The maximum absolute atomic E-state index is 13.1. The van der Waals surface area contributed by atoms with Crippen molar-refractivity contribution < 1.29 is 9.18 Å². The van der Waals surface area contributed by atoms with Crippen molar-refractivity contribution in [3.05, 3.63) is 88.5 Å². The first kappa shape index (κ1) is 18.4. The summed E-state index contributed by atoms with van der Waals surface area (Å²) in [5.41, 5.74) is 13.3. The number of nitrogens with two attached hydrogens (primary N) is 1. The molecule has 1 atom stereocenters. The van der Waals surface area contributed by atoms with E-state index in [0.717, 1.165) is 35.2 Å². The summed E-state index contributed by atoms with van der Waals surface area (Å²) in [4.78, 5) is 13.1. The van der Waals surface area contributed by atoms with E-state index in [4.69, 9.17) is 5.73 Å². The quantitative estimate of drug-likeness (QED) is 0.689. The van der Waals surface area contributed by atoms with Crippen molar-refractivity contribution in [3.8, 4) is 11.1 Å². The van der Waals surface area contributed by atoms with E-state index in [1.54, 1.807) is 12.1 Å². The molecule has 0 fully saturated rings. The molecule has 0 bridgehead atoms. The van der Waals surface area contributed by atoms with Crippen LogP contribution < -0.4 is 11.1 Å². The molecule has 28 heavy (non-hydrogen) atoms. The van der Waals surface area contributed by atoms with Crippen molar-refractivity contribution in [2.45, 2.75) is 32.5 Å². The van der Waals surface area contributed by atoms with Crippen LogP contribution in [-0.2, 0) is 19.5 Å². The number of benzene rings is 3. The first-order chi connectivity index (χ1) is 13.5. The van der Waals surface area contributed by atoms with E-state index in [2.05, 4.69) is 5.32 Å². The molecule has 142 valence electrons. The van der Waals surface area contributed by atoms with Crippen LogP contribution in [0.2, 0.25) is 0 Å². The van der Waals surface area contributed by atoms with Crippen molar-refractivity contribution >= 4 is 11.6 Å². The lowest BCUT2D eigenvalue weighted by molar-refractivity contribution is 0.102. The van der Waals surface area contributed by atoms with Crippen LogP contribution in [0.25, 0.3) is 11.1 Å². The number of aryl methyl sites for hydroxylation is 1. The van der Waals surface area contributed by atoms with Gasteiger partial charge in [-0.1, -0.05) is 42.5 Å². The van der Waals surface area contributed by atoms with Gasteiger partial charge in [0.05, 0.1) is 0 Å². The highest BCUT2D eigenvalue weighted by atomic mass is 19.1. The first-order valence-corrected chi connectivity index (χ1v) is 9.49. The molecule has 1 unspecified atom stereocenters. The number of fused-ring (bicyclic) bond motifs is 1. The number of anilines is 1. The normalized spacial score (nSPS) is 15.3. The molecule has 0 spiro atoms. The van der Waals surface area contributed by atoms with E-state index in [-0.39, 0.29) is 11.9 Å². The van der Waals surface area contributed by atoms with E-state index in [1.165, 1.54) is 11.1 Å². The topological polar surface area (TPSA) is 55.1 Å². The summed E-state index contributed by atoms with van der Waals surface area (Å²) in [5.74, 6) is -0.157. The van der Waals surface area contributed by atoms with Crippen LogP contribution in [0.4, 0.5) is 10.1 Å². The summed E-state index contributed by atoms with van der Waals surface area (Å²) in [6.07, 6.45) is 1.73. The average Bonchev–Trinajstić information content (AvgIpc) is 3.07. The Balaban J connectivity index is 1.65. The second-order valence-corrected chi connectivity index (χ2v) is 7.43. The van der Waals surface area contributed by atoms with E-state index < -0.39 is 6.67 Å². The molecule has 0 aliphatic heterocycles. The second-order valence-electron chi connectivity index (χ2n) is 7.43. The highest BCUT2D eigenvalue weighted by molar-refractivity contribution is 6.09. The molecule has 0 heterocycles. The smallest absolute Gasteiger partial charge is 0.256 e. The fourth-order valence-corrected chi connectivity index (χ4v) is 3.93. The molecule has 0 aromatic heterocycles. The van der Waals surface area contributed by atoms with Gasteiger partial charge < -0.3 is 11.1 Å². The summed E-state index contributed by atoms with van der Waals surface area (Å²) < 4.78 is 12.8. The first-order valence-electron chi connectivity index (χ1n) is 9.49. The molecule has 0 radical (unpaired) electrons. The predicted molar refractivity (Wildman–Crippen MR) is 111 cm³/mol. The second kappa shape index (κ2) is 7.56. The fourth-order valence-electron chi connectivity index (χ4n) is 3.93. The van der Waals surface area contributed by atoms with Crippen LogP contribution in [0.15, 0.2) is 60.7 Å².